The molecular weight excluding hydrogens is 455 g/mol. The van der Waals surface area contributed by atoms with Crippen molar-refractivity contribution >= 4 is 52.1 Å². The molecule has 1 aromatic rings. The molecule has 1 aliphatic carbocycles. The molecule has 5 nitrogen and oxygen atoms in total. The van der Waals surface area contributed by atoms with Crippen molar-refractivity contribution in [2.24, 2.45) is 4.99 Å². The number of thiazole rings is 1. The summed E-state index contributed by atoms with van der Waals surface area (Å²) in [6.45, 7) is 7.60. The second-order valence-electron chi connectivity index (χ2n) is 5.86. The number of nitrogens with one attached hydrogen (secondary N) is 2. The fourth-order valence-electron chi connectivity index (χ4n) is 2.89. The van der Waals surface area contributed by atoms with Crippen molar-refractivity contribution in [2.45, 2.75) is 64.3 Å². The van der Waals surface area contributed by atoms with Gasteiger partial charge in [-0.25, -0.2) is 9.98 Å². The van der Waals surface area contributed by atoms with Crippen LogP contribution >= 0.6 is 35.3 Å². The van der Waals surface area contributed by atoms with Gasteiger partial charge in [0.25, 0.3) is 0 Å². The lowest BCUT2D eigenvalue weighted by Crippen LogP contribution is -2.46. The number of halogens is 1. The second-order valence-corrected chi connectivity index (χ2v) is 8.80. The lowest BCUT2D eigenvalue weighted by Gasteiger charge is -2.30. The Labute approximate surface area is 169 Å². The zero-order valence-corrected chi connectivity index (χ0v) is 18.7. The Morgan fingerprint density at radius 3 is 2.88 bits per heavy atom. The number of hydrogen-bond acceptors (Lipinski definition) is 4. The summed E-state index contributed by atoms with van der Waals surface area (Å²) in [5.41, 5.74) is 2.93. The quantitative estimate of drug-likeness (QED) is 0.370. The molecule has 0 spiro atoms. The van der Waals surface area contributed by atoms with Crippen molar-refractivity contribution in [3.05, 3.63) is 16.1 Å². The molecule has 3 unspecified atom stereocenters. The molecule has 0 bridgehead atoms. The summed E-state index contributed by atoms with van der Waals surface area (Å²) in [5, 5.41) is 7.18. The highest BCUT2D eigenvalue weighted by Gasteiger charge is 2.26. The lowest BCUT2D eigenvalue weighted by atomic mass is 9.95. The van der Waals surface area contributed by atoms with Crippen LogP contribution in [0.2, 0.25) is 0 Å². The van der Waals surface area contributed by atoms with Gasteiger partial charge in [-0.1, -0.05) is 13.3 Å². The topological polar surface area (TPSA) is 66.4 Å². The van der Waals surface area contributed by atoms with Gasteiger partial charge < -0.3 is 10.6 Å². The first-order valence-corrected chi connectivity index (χ1v) is 10.7. The summed E-state index contributed by atoms with van der Waals surface area (Å²) in [4.78, 5) is 10.2. The van der Waals surface area contributed by atoms with E-state index >= 15 is 0 Å². The summed E-state index contributed by atoms with van der Waals surface area (Å²) in [6.07, 6.45) is 4.33. The van der Waals surface area contributed by atoms with E-state index in [1.807, 2.05) is 19.4 Å². The number of guanidine groups is 1. The van der Waals surface area contributed by atoms with Gasteiger partial charge in [-0.15, -0.1) is 35.3 Å². The number of aryl methyl sites for hydroxylation is 1. The van der Waals surface area contributed by atoms with Crippen molar-refractivity contribution < 1.29 is 4.21 Å². The number of rotatable bonds is 6. The molecule has 3 atom stereocenters. The van der Waals surface area contributed by atoms with E-state index in [0.717, 1.165) is 49.6 Å². The van der Waals surface area contributed by atoms with Gasteiger partial charge in [0.05, 0.1) is 17.7 Å². The van der Waals surface area contributed by atoms with E-state index in [0.29, 0.717) is 17.8 Å². The van der Waals surface area contributed by atoms with Gasteiger partial charge >= 0.3 is 0 Å². The Balaban J connectivity index is 0.00000288. The van der Waals surface area contributed by atoms with Crippen LogP contribution in [0.4, 0.5) is 0 Å². The summed E-state index contributed by atoms with van der Waals surface area (Å²) >= 11 is 1.65. The van der Waals surface area contributed by atoms with Gasteiger partial charge in [-0.05, 0) is 33.1 Å². The molecule has 0 amide bonds. The fourth-order valence-corrected chi connectivity index (χ4v) is 4.94. The van der Waals surface area contributed by atoms with Crippen molar-refractivity contribution in [2.75, 3.05) is 12.3 Å². The smallest absolute Gasteiger partial charge is 0.191 e. The molecule has 1 heterocycles. The monoisotopic (exact) mass is 484 g/mol. The Bertz CT molecular complexity index is 550. The Morgan fingerprint density at radius 2 is 2.25 bits per heavy atom. The van der Waals surface area contributed by atoms with Crippen LogP contribution in [0.25, 0.3) is 0 Å². The van der Waals surface area contributed by atoms with Crippen LogP contribution < -0.4 is 10.6 Å². The Hall–Kier alpha value is -0.220. The minimum Gasteiger partial charge on any atom is -0.357 e. The first-order chi connectivity index (χ1) is 11.1. The SMILES string of the molecule is CCNC(=NCc1scnc1C)NC1CCCC(S(=O)CC)C1.I. The van der Waals surface area contributed by atoms with Crippen LogP contribution in [0.3, 0.4) is 0 Å². The van der Waals surface area contributed by atoms with Crippen molar-refractivity contribution in [1.29, 1.82) is 0 Å². The molecule has 1 fully saturated rings. The third-order valence-electron chi connectivity index (χ3n) is 4.19. The molecule has 2 N–H and O–H groups in total. The molecule has 24 heavy (non-hydrogen) atoms. The molecule has 138 valence electrons. The third kappa shape index (κ3) is 6.59. The lowest BCUT2D eigenvalue weighted by molar-refractivity contribution is 0.413. The molecule has 1 aromatic heterocycles. The average molecular weight is 484 g/mol. The van der Waals surface area contributed by atoms with E-state index in [4.69, 9.17) is 0 Å². The molecular formula is C16H29IN4OS2. The molecule has 0 saturated heterocycles. The van der Waals surface area contributed by atoms with E-state index in [-0.39, 0.29) is 24.0 Å². The van der Waals surface area contributed by atoms with Gasteiger partial charge in [-0.2, -0.15) is 0 Å². The van der Waals surface area contributed by atoms with Crippen molar-refractivity contribution in [3.8, 4) is 0 Å². The second kappa shape index (κ2) is 11.4. The zero-order valence-electron chi connectivity index (χ0n) is 14.7. The third-order valence-corrected chi connectivity index (χ3v) is 6.85. The minimum absolute atomic E-state index is 0. The van der Waals surface area contributed by atoms with Crippen LogP contribution in [0, 0.1) is 6.92 Å². The van der Waals surface area contributed by atoms with Crippen LogP contribution in [0.5, 0.6) is 0 Å². The molecule has 0 aliphatic heterocycles. The summed E-state index contributed by atoms with van der Waals surface area (Å²) < 4.78 is 12.1. The van der Waals surface area contributed by atoms with E-state index < -0.39 is 10.8 Å². The van der Waals surface area contributed by atoms with E-state index in [1.165, 1.54) is 4.88 Å². The van der Waals surface area contributed by atoms with E-state index in [9.17, 15) is 4.21 Å². The van der Waals surface area contributed by atoms with Gasteiger partial charge in [0, 0.05) is 39.3 Å². The van der Waals surface area contributed by atoms with Crippen LogP contribution in [-0.4, -0.2) is 38.7 Å². The van der Waals surface area contributed by atoms with Gasteiger partial charge in [0.1, 0.15) is 0 Å². The zero-order chi connectivity index (χ0) is 16.7. The van der Waals surface area contributed by atoms with E-state index in [1.54, 1.807) is 11.3 Å². The van der Waals surface area contributed by atoms with Crippen LogP contribution in [-0.2, 0) is 17.3 Å². The van der Waals surface area contributed by atoms with Gasteiger partial charge in [0.15, 0.2) is 5.96 Å². The minimum atomic E-state index is -0.691. The molecule has 1 saturated carbocycles. The highest BCUT2D eigenvalue weighted by molar-refractivity contribution is 14.0. The number of aliphatic imine (C=N–C) groups is 1. The Morgan fingerprint density at radius 1 is 1.46 bits per heavy atom. The highest BCUT2D eigenvalue weighted by atomic mass is 127. The predicted molar refractivity (Wildman–Crippen MR) is 115 cm³/mol. The maximum atomic E-state index is 12.1. The maximum Gasteiger partial charge on any atom is 0.191 e. The number of aromatic nitrogens is 1. The highest BCUT2D eigenvalue weighted by Crippen LogP contribution is 2.23. The van der Waals surface area contributed by atoms with Gasteiger partial charge in [0.2, 0.25) is 0 Å². The average Bonchev–Trinajstić information content (AvgIpc) is 2.97. The number of hydrogen-bond donors (Lipinski definition) is 2. The largest absolute Gasteiger partial charge is 0.357 e. The normalized spacial score (nSPS) is 22.5. The van der Waals surface area contributed by atoms with E-state index in [2.05, 4.69) is 27.5 Å². The van der Waals surface area contributed by atoms with Crippen LogP contribution in [0.1, 0.15) is 50.1 Å². The van der Waals surface area contributed by atoms with Crippen molar-refractivity contribution in [3.63, 3.8) is 0 Å². The first-order valence-electron chi connectivity index (χ1n) is 8.45. The number of nitrogens with zero attached hydrogens (tertiary/aromatic N) is 2. The molecule has 2 rings (SSSR count). The fraction of sp³-hybridized carbons (Fsp3) is 0.750. The van der Waals surface area contributed by atoms with Gasteiger partial charge in [-0.3, -0.25) is 4.21 Å². The molecule has 1 aliphatic rings. The van der Waals surface area contributed by atoms with Crippen LogP contribution in [0.15, 0.2) is 10.5 Å². The summed E-state index contributed by atoms with van der Waals surface area (Å²) in [6, 6.07) is 0.365. The molecule has 0 radical (unpaired) electrons. The maximum absolute atomic E-state index is 12.1. The standard InChI is InChI=1S/C16H28N4OS2.HI/c1-4-17-16(18-10-15-12(3)19-11-22-15)20-13-7-6-8-14(9-13)23(21)5-2;/h11,13-14H,4-10H2,1-3H3,(H2,17,18,20);1H. The summed E-state index contributed by atoms with van der Waals surface area (Å²) in [7, 11) is -0.691. The first kappa shape index (κ1) is 21.8. The predicted octanol–water partition coefficient (Wildman–Crippen LogP) is 3.20. The molecule has 8 heteroatoms. The summed E-state index contributed by atoms with van der Waals surface area (Å²) in [5.74, 6) is 1.61. The Kier molecular flexibility index (Phi) is 10.4. The molecule has 0 aromatic carbocycles. The van der Waals surface area contributed by atoms with Crippen molar-refractivity contribution in [1.82, 2.24) is 15.6 Å².